The number of carbonyl (C=O) groups is 2. The van der Waals surface area contributed by atoms with Crippen LogP contribution in [0, 0.1) is 0 Å². The highest BCUT2D eigenvalue weighted by Gasteiger charge is 2.12. The van der Waals surface area contributed by atoms with E-state index >= 15 is 0 Å². The lowest BCUT2D eigenvalue weighted by Gasteiger charge is -2.06. The number of carbonyl (C=O) groups excluding carboxylic acids is 2. The highest BCUT2D eigenvalue weighted by atomic mass is 35.5. The minimum atomic E-state index is -0.433. The van der Waals surface area contributed by atoms with Crippen LogP contribution in [0.3, 0.4) is 0 Å². The number of esters is 1. The molecule has 0 aliphatic rings. The van der Waals surface area contributed by atoms with Gasteiger partial charge in [-0.1, -0.05) is 23.2 Å². The third-order valence-electron chi connectivity index (χ3n) is 1.85. The predicted octanol–water partition coefficient (Wildman–Crippen LogP) is 2.52. The zero-order chi connectivity index (χ0) is 11.4. The van der Waals surface area contributed by atoms with Gasteiger partial charge in [-0.15, -0.1) is 0 Å². The Balaban J connectivity index is 3.08. The molecule has 5 heteroatoms. The minimum Gasteiger partial charge on any atom is -0.469 e. The average molecular weight is 247 g/mol. The fourth-order valence-electron chi connectivity index (χ4n) is 1.08. The van der Waals surface area contributed by atoms with E-state index in [1.165, 1.54) is 19.2 Å². The Hall–Kier alpha value is -1.06. The van der Waals surface area contributed by atoms with Crippen molar-refractivity contribution >= 4 is 35.5 Å². The van der Waals surface area contributed by atoms with E-state index in [4.69, 9.17) is 23.2 Å². The summed E-state index contributed by atoms with van der Waals surface area (Å²) in [6, 6.07) is 2.91. The standard InChI is InChI=1S/C10H8Cl2O3/c1-15-10(14)4-7-8(11)2-6(5-13)3-9(7)12/h2-3,5H,4H2,1H3. The summed E-state index contributed by atoms with van der Waals surface area (Å²) in [5, 5.41) is 0.574. The smallest absolute Gasteiger partial charge is 0.310 e. The number of hydrogen-bond acceptors (Lipinski definition) is 3. The second-order valence-electron chi connectivity index (χ2n) is 2.83. The average Bonchev–Trinajstić information content (AvgIpc) is 2.22. The van der Waals surface area contributed by atoms with Gasteiger partial charge in [-0.3, -0.25) is 9.59 Å². The van der Waals surface area contributed by atoms with E-state index in [0.29, 0.717) is 17.4 Å². The molecule has 1 rings (SSSR count). The fraction of sp³-hybridized carbons (Fsp3) is 0.200. The van der Waals surface area contributed by atoms with Gasteiger partial charge in [0.05, 0.1) is 13.5 Å². The van der Waals surface area contributed by atoms with Crippen LogP contribution in [-0.4, -0.2) is 19.4 Å². The molecule has 80 valence electrons. The summed E-state index contributed by atoms with van der Waals surface area (Å²) in [5.41, 5.74) is 0.842. The lowest BCUT2D eigenvalue weighted by Crippen LogP contribution is -2.05. The number of hydrogen-bond donors (Lipinski definition) is 0. The number of ether oxygens (including phenoxy) is 1. The van der Waals surface area contributed by atoms with E-state index in [9.17, 15) is 9.59 Å². The van der Waals surface area contributed by atoms with Crippen LogP contribution in [0.2, 0.25) is 10.0 Å². The molecule has 0 aliphatic carbocycles. The maximum atomic E-state index is 11.0. The molecule has 0 fully saturated rings. The molecule has 0 spiro atoms. The van der Waals surface area contributed by atoms with Gasteiger partial charge < -0.3 is 4.74 Å². The number of halogens is 2. The van der Waals surface area contributed by atoms with Crippen molar-refractivity contribution in [3.63, 3.8) is 0 Å². The zero-order valence-corrected chi connectivity index (χ0v) is 9.43. The van der Waals surface area contributed by atoms with Gasteiger partial charge in [-0.2, -0.15) is 0 Å². The predicted molar refractivity (Wildman–Crippen MR) is 57.6 cm³/mol. The maximum Gasteiger partial charge on any atom is 0.310 e. The van der Waals surface area contributed by atoms with Crippen molar-refractivity contribution in [2.45, 2.75) is 6.42 Å². The first-order valence-electron chi connectivity index (χ1n) is 4.08. The molecular weight excluding hydrogens is 239 g/mol. The molecule has 0 atom stereocenters. The molecule has 0 aromatic heterocycles. The van der Waals surface area contributed by atoms with Crippen molar-refractivity contribution in [1.82, 2.24) is 0 Å². The van der Waals surface area contributed by atoms with E-state index in [2.05, 4.69) is 4.74 Å². The van der Waals surface area contributed by atoms with Crippen molar-refractivity contribution < 1.29 is 14.3 Å². The van der Waals surface area contributed by atoms with Crippen LogP contribution in [0.1, 0.15) is 15.9 Å². The summed E-state index contributed by atoms with van der Waals surface area (Å²) < 4.78 is 4.49. The summed E-state index contributed by atoms with van der Waals surface area (Å²) in [6.07, 6.45) is 0.632. The molecule has 1 aromatic carbocycles. The van der Waals surface area contributed by atoms with Gasteiger partial charge in [-0.25, -0.2) is 0 Å². The highest BCUT2D eigenvalue weighted by molar-refractivity contribution is 6.36. The van der Waals surface area contributed by atoms with E-state index in [-0.39, 0.29) is 16.5 Å². The second-order valence-corrected chi connectivity index (χ2v) is 3.65. The van der Waals surface area contributed by atoms with Crippen LogP contribution in [0.5, 0.6) is 0 Å². The number of methoxy groups -OCH3 is 1. The van der Waals surface area contributed by atoms with Gasteiger partial charge in [-0.05, 0) is 12.1 Å². The molecule has 0 aliphatic heterocycles. The van der Waals surface area contributed by atoms with E-state index < -0.39 is 5.97 Å². The van der Waals surface area contributed by atoms with Gasteiger partial charge in [0.25, 0.3) is 0 Å². The van der Waals surface area contributed by atoms with Crippen LogP contribution in [-0.2, 0) is 16.0 Å². The van der Waals surface area contributed by atoms with Crippen molar-refractivity contribution in [1.29, 1.82) is 0 Å². The Morgan fingerprint density at radius 2 is 1.93 bits per heavy atom. The first-order chi connectivity index (χ1) is 7.08. The Morgan fingerprint density at radius 3 is 2.33 bits per heavy atom. The lowest BCUT2D eigenvalue weighted by atomic mass is 10.1. The third kappa shape index (κ3) is 2.94. The second kappa shape index (κ2) is 5.14. The molecule has 0 saturated carbocycles. The Morgan fingerprint density at radius 1 is 1.40 bits per heavy atom. The molecule has 3 nitrogen and oxygen atoms in total. The monoisotopic (exact) mass is 246 g/mol. The van der Waals surface area contributed by atoms with Crippen molar-refractivity contribution in [2.24, 2.45) is 0 Å². The van der Waals surface area contributed by atoms with Crippen molar-refractivity contribution in [2.75, 3.05) is 7.11 Å². The highest BCUT2D eigenvalue weighted by Crippen LogP contribution is 2.26. The topological polar surface area (TPSA) is 43.4 Å². The number of aldehydes is 1. The Kier molecular flexibility index (Phi) is 4.12. The third-order valence-corrected chi connectivity index (χ3v) is 2.52. The SMILES string of the molecule is COC(=O)Cc1c(Cl)cc(C=O)cc1Cl. The molecule has 0 radical (unpaired) electrons. The molecule has 0 unspecified atom stereocenters. The van der Waals surface area contributed by atoms with Crippen LogP contribution in [0.15, 0.2) is 12.1 Å². The van der Waals surface area contributed by atoms with E-state index in [1.807, 2.05) is 0 Å². The van der Waals surface area contributed by atoms with Crippen molar-refractivity contribution in [3.05, 3.63) is 33.3 Å². The van der Waals surface area contributed by atoms with Gasteiger partial charge in [0.15, 0.2) is 0 Å². The first-order valence-corrected chi connectivity index (χ1v) is 4.84. The normalized spacial score (nSPS) is 9.80. The number of benzene rings is 1. The maximum absolute atomic E-state index is 11.0. The summed E-state index contributed by atoms with van der Waals surface area (Å²) in [7, 11) is 1.28. The largest absolute Gasteiger partial charge is 0.469 e. The summed E-state index contributed by atoms with van der Waals surface area (Å²) in [6.45, 7) is 0. The summed E-state index contributed by atoms with van der Waals surface area (Å²) >= 11 is 11.7. The number of rotatable bonds is 3. The van der Waals surface area contributed by atoms with E-state index in [1.54, 1.807) is 0 Å². The summed E-state index contributed by atoms with van der Waals surface area (Å²) in [4.78, 5) is 21.5. The lowest BCUT2D eigenvalue weighted by molar-refractivity contribution is -0.139. The summed E-state index contributed by atoms with van der Waals surface area (Å²) in [5.74, 6) is -0.433. The van der Waals surface area contributed by atoms with Crippen LogP contribution >= 0.6 is 23.2 Å². The van der Waals surface area contributed by atoms with E-state index in [0.717, 1.165) is 0 Å². The van der Waals surface area contributed by atoms with Gasteiger partial charge in [0, 0.05) is 21.2 Å². The van der Waals surface area contributed by atoms with Crippen LogP contribution in [0.25, 0.3) is 0 Å². The zero-order valence-electron chi connectivity index (χ0n) is 7.92. The molecule has 15 heavy (non-hydrogen) atoms. The molecule has 0 N–H and O–H groups in total. The molecular formula is C10H8Cl2O3. The van der Waals surface area contributed by atoms with Crippen molar-refractivity contribution in [3.8, 4) is 0 Å². The Labute approximate surface area is 96.9 Å². The molecule has 0 heterocycles. The molecule has 0 amide bonds. The Bertz CT molecular complexity index is 379. The van der Waals surface area contributed by atoms with Crippen LogP contribution in [0.4, 0.5) is 0 Å². The minimum absolute atomic E-state index is 0.00664. The van der Waals surface area contributed by atoms with Crippen LogP contribution < -0.4 is 0 Å². The van der Waals surface area contributed by atoms with Gasteiger partial charge in [0.2, 0.25) is 0 Å². The molecule has 0 bridgehead atoms. The molecule has 0 saturated heterocycles. The van der Waals surface area contributed by atoms with Gasteiger partial charge >= 0.3 is 5.97 Å². The molecule has 1 aromatic rings. The van der Waals surface area contributed by atoms with Gasteiger partial charge in [0.1, 0.15) is 6.29 Å². The quantitative estimate of drug-likeness (QED) is 0.608. The fourth-order valence-corrected chi connectivity index (χ4v) is 1.71. The first kappa shape index (κ1) is 12.0.